The second-order valence-corrected chi connectivity index (χ2v) is 5.32. The van der Waals surface area contributed by atoms with Gasteiger partial charge in [0.2, 0.25) is 5.91 Å². The van der Waals surface area contributed by atoms with Crippen molar-refractivity contribution in [2.45, 2.75) is 19.6 Å². The molecule has 1 heterocycles. The van der Waals surface area contributed by atoms with Crippen LogP contribution >= 0.6 is 11.6 Å². The van der Waals surface area contributed by atoms with Crippen LogP contribution in [0.3, 0.4) is 0 Å². The molecule has 1 saturated heterocycles. The fourth-order valence-corrected chi connectivity index (χ4v) is 2.53. The Labute approximate surface area is 129 Å². The average molecular weight is 311 g/mol. The Morgan fingerprint density at radius 1 is 1.29 bits per heavy atom. The van der Waals surface area contributed by atoms with E-state index in [0.717, 1.165) is 5.56 Å². The Kier molecular flexibility index (Phi) is 5.44. The van der Waals surface area contributed by atoms with Crippen LogP contribution in [0.5, 0.6) is 0 Å². The maximum absolute atomic E-state index is 12.0. The van der Waals surface area contributed by atoms with E-state index in [1.54, 1.807) is 9.80 Å². The van der Waals surface area contributed by atoms with Gasteiger partial charge in [-0.2, -0.15) is 0 Å². The molecule has 0 aromatic heterocycles. The van der Waals surface area contributed by atoms with E-state index in [2.05, 4.69) is 0 Å². The predicted molar refractivity (Wildman–Crippen MR) is 80.1 cm³/mol. The number of carbonyl (C=O) groups excluding carboxylic acids is 2. The summed E-state index contributed by atoms with van der Waals surface area (Å²) in [7, 11) is 0. The van der Waals surface area contributed by atoms with Crippen molar-refractivity contribution < 1.29 is 14.3 Å². The maximum Gasteiger partial charge on any atom is 0.410 e. The topological polar surface area (TPSA) is 49.9 Å². The van der Waals surface area contributed by atoms with Crippen LogP contribution in [0, 0.1) is 0 Å². The van der Waals surface area contributed by atoms with Crippen LogP contribution in [-0.2, 0) is 16.1 Å². The van der Waals surface area contributed by atoms with Crippen molar-refractivity contribution in [2.24, 2.45) is 0 Å². The molecule has 1 unspecified atom stereocenters. The van der Waals surface area contributed by atoms with E-state index in [1.165, 1.54) is 0 Å². The van der Waals surface area contributed by atoms with Crippen molar-refractivity contribution in [3.05, 3.63) is 35.9 Å². The highest BCUT2D eigenvalue weighted by atomic mass is 35.5. The minimum Gasteiger partial charge on any atom is -0.445 e. The zero-order chi connectivity index (χ0) is 15.2. The van der Waals surface area contributed by atoms with Gasteiger partial charge in [0.15, 0.2) is 0 Å². The van der Waals surface area contributed by atoms with Crippen molar-refractivity contribution in [1.29, 1.82) is 0 Å². The second-order valence-electron chi connectivity index (χ2n) is 5.06. The van der Waals surface area contributed by atoms with Gasteiger partial charge in [0, 0.05) is 25.7 Å². The van der Waals surface area contributed by atoms with E-state index < -0.39 is 0 Å². The maximum atomic E-state index is 12.0. The lowest BCUT2D eigenvalue weighted by Crippen LogP contribution is -2.55. The molecular formula is C15H19ClN2O3. The first-order chi connectivity index (χ1) is 10.1. The molecule has 0 radical (unpaired) electrons. The molecule has 6 heteroatoms. The normalized spacial score (nSPS) is 18.5. The number of alkyl halides is 1. The minimum atomic E-state index is -0.344. The highest BCUT2D eigenvalue weighted by Crippen LogP contribution is 2.12. The Morgan fingerprint density at radius 2 is 2.00 bits per heavy atom. The van der Waals surface area contributed by atoms with Gasteiger partial charge in [-0.3, -0.25) is 4.79 Å². The SMILES string of the molecule is CC1CN(C(=O)OCc2ccccc2)CCN1C(=O)CCl. The molecule has 2 amide bonds. The molecule has 0 N–H and O–H groups in total. The largest absolute Gasteiger partial charge is 0.445 e. The number of halogens is 1. The summed E-state index contributed by atoms with van der Waals surface area (Å²) in [5.41, 5.74) is 0.954. The van der Waals surface area contributed by atoms with Gasteiger partial charge < -0.3 is 14.5 Å². The molecule has 0 spiro atoms. The van der Waals surface area contributed by atoms with Gasteiger partial charge in [0.25, 0.3) is 0 Å². The first kappa shape index (κ1) is 15.6. The van der Waals surface area contributed by atoms with E-state index in [1.807, 2.05) is 37.3 Å². The van der Waals surface area contributed by atoms with Gasteiger partial charge in [-0.25, -0.2) is 4.79 Å². The van der Waals surface area contributed by atoms with Gasteiger partial charge in [-0.1, -0.05) is 30.3 Å². The zero-order valence-electron chi connectivity index (χ0n) is 12.0. The van der Waals surface area contributed by atoms with Gasteiger partial charge in [-0.05, 0) is 12.5 Å². The van der Waals surface area contributed by atoms with Crippen molar-refractivity contribution in [2.75, 3.05) is 25.5 Å². The molecule has 0 bridgehead atoms. The van der Waals surface area contributed by atoms with Crippen molar-refractivity contribution in [3.63, 3.8) is 0 Å². The third-order valence-corrected chi connectivity index (χ3v) is 3.75. The number of amides is 2. The molecule has 1 aliphatic rings. The summed E-state index contributed by atoms with van der Waals surface area (Å²) >= 11 is 5.57. The van der Waals surface area contributed by atoms with Gasteiger partial charge in [0.1, 0.15) is 12.5 Å². The van der Waals surface area contributed by atoms with Crippen LogP contribution < -0.4 is 0 Å². The first-order valence-electron chi connectivity index (χ1n) is 6.93. The molecule has 21 heavy (non-hydrogen) atoms. The quantitative estimate of drug-likeness (QED) is 0.803. The van der Waals surface area contributed by atoms with Crippen LogP contribution in [0.2, 0.25) is 0 Å². The van der Waals surface area contributed by atoms with Crippen molar-refractivity contribution >= 4 is 23.6 Å². The molecule has 1 aromatic carbocycles. The third-order valence-electron chi connectivity index (χ3n) is 3.53. The summed E-state index contributed by atoms with van der Waals surface area (Å²) in [4.78, 5) is 27.0. The molecule has 0 saturated carbocycles. The highest BCUT2D eigenvalue weighted by molar-refractivity contribution is 6.27. The van der Waals surface area contributed by atoms with Crippen LogP contribution in [-0.4, -0.2) is 53.4 Å². The molecule has 1 aliphatic heterocycles. The molecule has 1 aromatic rings. The number of nitrogens with zero attached hydrogens (tertiary/aromatic N) is 2. The van der Waals surface area contributed by atoms with Crippen molar-refractivity contribution in [1.82, 2.24) is 9.80 Å². The number of carbonyl (C=O) groups is 2. The van der Waals surface area contributed by atoms with E-state index >= 15 is 0 Å². The Morgan fingerprint density at radius 3 is 2.62 bits per heavy atom. The third kappa shape index (κ3) is 4.11. The van der Waals surface area contributed by atoms with E-state index in [9.17, 15) is 9.59 Å². The fourth-order valence-electron chi connectivity index (χ4n) is 2.38. The lowest BCUT2D eigenvalue weighted by Gasteiger charge is -2.39. The van der Waals surface area contributed by atoms with Crippen LogP contribution in [0.25, 0.3) is 0 Å². The monoisotopic (exact) mass is 310 g/mol. The minimum absolute atomic E-state index is 0.0250. The van der Waals surface area contributed by atoms with Crippen LogP contribution in [0.4, 0.5) is 4.79 Å². The summed E-state index contributed by atoms with van der Waals surface area (Å²) in [5, 5.41) is 0. The molecule has 114 valence electrons. The van der Waals surface area contributed by atoms with Crippen molar-refractivity contribution in [3.8, 4) is 0 Å². The molecular weight excluding hydrogens is 292 g/mol. The smallest absolute Gasteiger partial charge is 0.410 e. The Bertz CT molecular complexity index is 495. The molecule has 1 fully saturated rings. The first-order valence-corrected chi connectivity index (χ1v) is 7.46. The van der Waals surface area contributed by atoms with Gasteiger partial charge in [-0.15, -0.1) is 11.6 Å². The summed E-state index contributed by atoms with van der Waals surface area (Å²) in [6.45, 7) is 3.60. The van der Waals surface area contributed by atoms with Crippen LogP contribution in [0.1, 0.15) is 12.5 Å². The lowest BCUT2D eigenvalue weighted by molar-refractivity contribution is -0.132. The van der Waals surface area contributed by atoms with E-state index in [4.69, 9.17) is 16.3 Å². The zero-order valence-corrected chi connectivity index (χ0v) is 12.8. The number of piperazine rings is 1. The number of hydrogen-bond acceptors (Lipinski definition) is 3. The average Bonchev–Trinajstić information content (AvgIpc) is 2.52. The molecule has 5 nitrogen and oxygen atoms in total. The number of hydrogen-bond donors (Lipinski definition) is 0. The Balaban J connectivity index is 1.83. The standard InChI is InChI=1S/C15H19ClN2O3/c1-12-10-17(7-8-18(12)14(19)9-16)15(20)21-11-13-5-3-2-4-6-13/h2-6,12H,7-11H2,1H3. The molecule has 2 rings (SSSR count). The van der Waals surface area contributed by atoms with E-state index in [0.29, 0.717) is 19.6 Å². The second kappa shape index (κ2) is 7.31. The number of benzene rings is 1. The van der Waals surface area contributed by atoms with E-state index in [-0.39, 0.29) is 30.5 Å². The highest BCUT2D eigenvalue weighted by Gasteiger charge is 2.29. The predicted octanol–water partition coefficient (Wildman–Crippen LogP) is 2.09. The summed E-state index contributed by atoms with van der Waals surface area (Å²) in [5.74, 6) is -0.121. The van der Waals surface area contributed by atoms with Gasteiger partial charge >= 0.3 is 6.09 Å². The number of rotatable bonds is 3. The Hall–Kier alpha value is -1.75. The molecule has 0 aliphatic carbocycles. The van der Waals surface area contributed by atoms with Crippen LogP contribution in [0.15, 0.2) is 30.3 Å². The number of ether oxygens (including phenoxy) is 1. The lowest BCUT2D eigenvalue weighted by atomic mass is 10.2. The summed E-state index contributed by atoms with van der Waals surface area (Å²) < 4.78 is 5.30. The summed E-state index contributed by atoms with van der Waals surface area (Å²) in [6, 6.07) is 9.50. The fraction of sp³-hybridized carbons (Fsp3) is 0.467. The molecule has 1 atom stereocenters. The summed E-state index contributed by atoms with van der Waals surface area (Å²) in [6.07, 6.45) is -0.344. The van der Waals surface area contributed by atoms with Gasteiger partial charge in [0.05, 0.1) is 0 Å².